The molecule has 0 aromatic heterocycles. The summed E-state index contributed by atoms with van der Waals surface area (Å²) in [6.07, 6.45) is -1.72. The van der Waals surface area contributed by atoms with Crippen LogP contribution in [-0.4, -0.2) is 75.9 Å². The minimum absolute atomic E-state index is 0.000579. The zero-order valence-electron chi connectivity index (χ0n) is 24.5. The van der Waals surface area contributed by atoms with Crippen molar-refractivity contribution in [1.82, 2.24) is 0 Å². The summed E-state index contributed by atoms with van der Waals surface area (Å²) in [5, 5.41) is 10.6. The first-order chi connectivity index (χ1) is 21.5. The molecule has 44 heavy (non-hydrogen) atoms. The molecule has 0 saturated carbocycles. The van der Waals surface area contributed by atoms with E-state index in [0.29, 0.717) is 17.1 Å². The molecule has 0 bridgehead atoms. The van der Waals surface area contributed by atoms with Crippen molar-refractivity contribution in [2.24, 2.45) is 0 Å². The van der Waals surface area contributed by atoms with Gasteiger partial charge in [0.05, 0.1) is 13.2 Å². The van der Waals surface area contributed by atoms with Crippen molar-refractivity contribution >= 4 is 18.0 Å². The van der Waals surface area contributed by atoms with Crippen LogP contribution in [0.25, 0.3) is 6.08 Å². The Balaban J connectivity index is 1.44. The third kappa shape index (κ3) is 9.63. The average Bonchev–Trinajstić information content (AvgIpc) is 3.34. The summed E-state index contributed by atoms with van der Waals surface area (Å²) in [4.78, 5) is 25.1. The zero-order valence-corrected chi connectivity index (χ0v) is 24.5. The third-order valence-corrected chi connectivity index (χ3v) is 6.52. The Labute approximate surface area is 255 Å². The standard InChI is InChI=1S/C33H36O11/c1-37-21-42-26-15-13-23(17-27(26)43-22-38-2)14-16-29(34)40-20-28(39-18-24-9-5-3-6-10-24)31-32(30(35)33(36)44-31)41-19-25-11-7-4-8-12-25/h3-17,28,30-32,35H,18-22H2,1-2H3/b16-14+/t28-,30-,31-,32-/m1/s1. The largest absolute Gasteiger partial charge is 0.464 e. The summed E-state index contributed by atoms with van der Waals surface area (Å²) < 4.78 is 44.0. The van der Waals surface area contributed by atoms with E-state index < -0.39 is 36.4 Å². The van der Waals surface area contributed by atoms with Crippen molar-refractivity contribution in [2.45, 2.75) is 37.6 Å². The summed E-state index contributed by atoms with van der Waals surface area (Å²) in [6.45, 7) is 0.0480. The summed E-state index contributed by atoms with van der Waals surface area (Å²) in [7, 11) is 3.00. The Kier molecular flexibility index (Phi) is 12.7. The molecular formula is C33H36O11. The topological polar surface area (TPSA) is 128 Å². The predicted octanol–water partition coefficient (Wildman–Crippen LogP) is 3.67. The molecule has 11 nitrogen and oxygen atoms in total. The van der Waals surface area contributed by atoms with Gasteiger partial charge in [0.2, 0.25) is 0 Å². The highest BCUT2D eigenvalue weighted by molar-refractivity contribution is 5.87. The number of hydrogen-bond donors (Lipinski definition) is 1. The van der Waals surface area contributed by atoms with Gasteiger partial charge >= 0.3 is 11.9 Å². The monoisotopic (exact) mass is 608 g/mol. The van der Waals surface area contributed by atoms with E-state index in [1.54, 1.807) is 24.3 Å². The van der Waals surface area contributed by atoms with E-state index in [1.165, 1.54) is 20.3 Å². The smallest absolute Gasteiger partial charge is 0.338 e. The first-order valence-corrected chi connectivity index (χ1v) is 13.9. The van der Waals surface area contributed by atoms with E-state index in [2.05, 4.69) is 0 Å². The maximum atomic E-state index is 12.8. The van der Waals surface area contributed by atoms with E-state index in [0.717, 1.165) is 11.1 Å². The Morgan fingerprint density at radius 1 is 0.886 bits per heavy atom. The van der Waals surface area contributed by atoms with Crippen molar-refractivity contribution in [1.29, 1.82) is 0 Å². The van der Waals surface area contributed by atoms with Gasteiger partial charge in [-0.2, -0.15) is 0 Å². The van der Waals surface area contributed by atoms with Gasteiger partial charge in [-0.05, 0) is 34.9 Å². The molecule has 0 amide bonds. The molecule has 0 aliphatic carbocycles. The highest BCUT2D eigenvalue weighted by Crippen LogP contribution is 2.29. The molecule has 0 unspecified atom stereocenters. The third-order valence-electron chi connectivity index (χ3n) is 6.52. The fraction of sp³-hybridized carbons (Fsp3) is 0.333. The van der Waals surface area contributed by atoms with Crippen molar-refractivity contribution in [3.63, 3.8) is 0 Å². The SMILES string of the molecule is COCOc1ccc(/C=C/C(=O)OC[C@@H](OCc2ccccc2)[C@H]2OC(=O)[C@H](O)[C@H]2OCc2ccccc2)cc1OCOC. The van der Waals surface area contributed by atoms with Crippen LogP contribution >= 0.6 is 0 Å². The number of aliphatic hydroxyl groups excluding tert-OH is 1. The quantitative estimate of drug-likeness (QED) is 0.137. The molecule has 0 radical (unpaired) electrons. The molecule has 1 N–H and O–H groups in total. The van der Waals surface area contributed by atoms with Gasteiger partial charge in [-0.25, -0.2) is 9.59 Å². The van der Waals surface area contributed by atoms with Gasteiger partial charge < -0.3 is 43.0 Å². The van der Waals surface area contributed by atoms with Gasteiger partial charge in [-0.1, -0.05) is 66.7 Å². The Hall–Kier alpha value is -4.26. The highest BCUT2D eigenvalue weighted by atomic mass is 16.7. The molecule has 1 fully saturated rings. The minimum atomic E-state index is -1.52. The maximum absolute atomic E-state index is 12.8. The molecule has 1 aliphatic rings. The normalized spacial score (nSPS) is 18.6. The van der Waals surface area contributed by atoms with Crippen LogP contribution < -0.4 is 9.47 Å². The van der Waals surface area contributed by atoms with Crippen LogP contribution in [0.4, 0.5) is 0 Å². The summed E-state index contributed by atoms with van der Waals surface area (Å²) >= 11 is 0. The van der Waals surface area contributed by atoms with Crippen LogP contribution in [0.1, 0.15) is 16.7 Å². The zero-order chi connectivity index (χ0) is 31.1. The average molecular weight is 609 g/mol. The maximum Gasteiger partial charge on any atom is 0.338 e. The second kappa shape index (κ2) is 17.1. The van der Waals surface area contributed by atoms with E-state index >= 15 is 0 Å². The van der Waals surface area contributed by atoms with Crippen molar-refractivity contribution < 1.29 is 52.6 Å². The Bertz CT molecular complexity index is 1350. The molecule has 11 heteroatoms. The van der Waals surface area contributed by atoms with E-state index in [9.17, 15) is 14.7 Å². The van der Waals surface area contributed by atoms with Gasteiger partial charge in [0, 0.05) is 20.3 Å². The number of aliphatic hydroxyl groups is 1. The van der Waals surface area contributed by atoms with Gasteiger partial charge in [0.1, 0.15) is 18.8 Å². The number of carbonyl (C=O) groups excluding carboxylic acids is 2. The van der Waals surface area contributed by atoms with Gasteiger partial charge in [0.25, 0.3) is 0 Å². The lowest BCUT2D eigenvalue weighted by Crippen LogP contribution is -2.44. The molecule has 234 valence electrons. The molecule has 1 heterocycles. The van der Waals surface area contributed by atoms with Crippen molar-refractivity contribution in [3.8, 4) is 11.5 Å². The highest BCUT2D eigenvalue weighted by Gasteiger charge is 2.49. The predicted molar refractivity (Wildman–Crippen MR) is 157 cm³/mol. The second-order valence-electron chi connectivity index (χ2n) is 9.71. The summed E-state index contributed by atoms with van der Waals surface area (Å²) in [5.41, 5.74) is 2.35. The summed E-state index contributed by atoms with van der Waals surface area (Å²) in [6, 6.07) is 23.8. The van der Waals surface area contributed by atoms with Crippen LogP contribution in [0.15, 0.2) is 84.9 Å². The van der Waals surface area contributed by atoms with Crippen LogP contribution in [-0.2, 0) is 51.2 Å². The number of ether oxygens (including phenoxy) is 8. The number of carbonyl (C=O) groups is 2. The van der Waals surface area contributed by atoms with E-state index in [4.69, 9.17) is 37.9 Å². The molecule has 1 saturated heterocycles. The Morgan fingerprint density at radius 3 is 2.18 bits per heavy atom. The fourth-order valence-electron chi connectivity index (χ4n) is 4.32. The molecule has 4 rings (SSSR count). The van der Waals surface area contributed by atoms with Gasteiger partial charge in [0.15, 0.2) is 37.3 Å². The van der Waals surface area contributed by atoms with E-state index in [-0.39, 0.29) is 33.4 Å². The lowest BCUT2D eigenvalue weighted by atomic mass is 10.1. The van der Waals surface area contributed by atoms with Crippen LogP contribution in [0, 0.1) is 0 Å². The molecule has 3 aromatic carbocycles. The number of methoxy groups -OCH3 is 2. The van der Waals surface area contributed by atoms with Crippen LogP contribution in [0.2, 0.25) is 0 Å². The van der Waals surface area contributed by atoms with Crippen LogP contribution in [0.5, 0.6) is 11.5 Å². The number of esters is 2. The van der Waals surface area contributed by atoms with Crippen LogP contribution in [0.3, 0.4) is 0 Å². The van der Waals surface area contributed by atoms with Gasteiger partial charge in [-0.3, -0.25) is 0 Å². The lowest BCUT2D eigenvalue weighted by Gasteiger charge is -2.27. The first-order valence-electron chi connectivity index (χ1n) is 13.9. The minimum Gasteiger partial charge on any atom is -0.464 e. The van der Waals surface area contributed by atoms with E-state index in [1.807, 2.05) is 60.7 Å². The number of benzene rings is 3. The summed E-state index contributed by atoms with van der Waals surface area (Å²) in [5.74, 6) is -0.655. The van der Waals surface area contributed by atoms with Crippen molar-refractivity contribution in [3.05, 3.63) is 102 Å². The molecule has 0 spiro atoms. The number of hydrogen-bond acceptors (Lipinski definition) is 11. The lowest BCUT2D eigenvalue weighted by molar-refractivity contribution is -0.162. The Morgan fingerprint density at radius 2 is 1.52 bits per heavy atom. The number of rotatable bonds is 17. The fourth-order valence-corrected chi connectivity index (χ4v) is 4.32. The molecule has 3 aromatic rings. The molecular weight excluding hydrogens is 572 g/mol. The number of cyclic esters (lactones) is 1. The first kappa shape index (κ1) is 32.6. The molecule has 4 atom stereocenters. The van der Waals surface area contributed by atoms with Gasteiger partial charge in [-0.15, -0.1) is 0 Å². The molecule has 1 aliphatic heterocycles. The second-order valence-corrected chi connectivity index (χ2v) is 9.71. The van der Waals surface area contributed by atoms with Crippen molar-refractivity contribution in [2.75, 3.05) is 34.4 Å².